The van der Waals surface area contributed by atoms with Crippen molar-refractivity contribution < 1.29 is 4.79 Å². The highest BCUT2D eigenvalue weighted by atomic mass is 32.1. The Balaban J connectivity index is 1.69. The number of carbonyl (C=O) groups excluding carboxylic acids is 1. The van der Waals surface area contributed by atoms with Crippen molar-refractivity contribution in [1.29, 1.82) is 0 Å². The Morgan fingerprint density at radius 1 is 1.45 bits per heavy atom. The molecule has 0 saturated carbocycles. The van der Waals surface area contributed by atoms with Crippen LogP contribution in [0.15, 0.2) is 11.4 Å². The minimum Gasteiger partial charge on any atom is -0.352 e. The first-order valence-electron chi connectivity index (χ1n) is 7.07. The van der Waals surface area contributed by atoms with E-state index >= 15 is 0 Å². The van der Waals surface area contributed by atoms with E-state index in [1.807, 2.05) is 11.4 Å². The first kappa shape index (κ1) is 15.0. The molecule has 2 rings (SSSR count). The maximum atomic E-state index is 11.9. The second kappa shape index (κ2) is 8.05. The van der Waals surface area contributed by atoms with Crippen molar-refractivity contribution in [3.8, 4) is 11.8 Å². The molecule has 3 N–H and O–H groups in total. The van der Waals surface area contributed by atoms with E-state index in [2.05, 4.69) is 22.1 Å². The second-order valence-electron chi connectivity index (χ2n) is 4.86. The summed E-state index contributed by atoms with van der Waals surface area (Å²) in [6.07, 6.45) is 3.64. The van der Waals surface area contributed by atoms with Gasteiger partial charge in [0.15, 0.2) is 0 Å². The Hall–Kier alpha value is -1.35. The number of hydrogen-bond donors (Lipinski definition) is 2. The number of nitrogens with zero attached hydrogens (tertiary/aromatic N) is 1. The summed E-state index contributed by atoms with van der Waals surface area (Å²) in [5.41, 5.74) is 6.02. The zero-order valence-corrected chi connectivity index (χ0v) is 12.5. The Morgan fingerprint density at radius 3 is 3.00 bits per heavy atom. The summed E-state index contributed by atoms with van der Waals surface area (Å²) >= 11 is 1.48. The molecule has 20 heavy (non-hydrogen) atoms. The fourth-order valence-electron chi connectivity index (χ4n) is 2.27. The number of rotatable bonds is 5. The molecule has 0 spiro atoms. The number of thiophene rings is 1. The van der Waals surface area contributed by atoms with E-state index in [9.17, 15) is 4.79 Å². The first-order chi connectivity index (χ1) is 9.79. The average molecular weight is 291 g/mol. The number of likely N-dealkylation sites (tertiary alicyclic amines) is 1. The molecule has 4 nitrogen and oxygen atoms in total. The number of hydrogen-bond acceptors (Lipinski definition) is 4. The van der Waals surface area contributed by atoms with Crippen molar-refractivity contribution in [3.05, 3.63) is 21.9 Å². The summed E-state index contributed by atoms with van der Waals surface area (Å²) in [6, 6.07) is 1.82. The normalized spacial score (nSPS) is 14.8. The minimum atomic E-state index is -0.0107. The second-order valence-corrected chi connectivity index (χ2v) is 5.77. The van der Waals surface area contributed by atoms with E-state index in [1.54, 1.807) is 0 Å². The van der Waals surface area contributed by atoms with Crippen LogP contribution in [-0.4, -0.2) is 43.5 Å². The molecule has 1 aromatic rings. The van der Waals surface area contributed by atoms with Crippen LogP contribution >= 0.6 is 11.3 Å². The van der Waals surface area contributed by atoms with Gasteiger partial charge in [0.05, 0.1) is 17.0 Å². The van der Waals surface area contributed by atoms with Crippen LogP contribution in [0.1, 0.15) is 34.5 Å². The van der Waals surface area contributed by atoms with Crippen LogP contribution in [0.2, 0.25) is 0 Å². The van der Waals surface area contributed by atoms with Gasteiger partial charge < -0.3 is 16.0 Å². The summed E-state index contributed by atoms with van der Waals surface area (Å²) in [6.45, 7) is 4.57. The monoisotopic (exact) mass is 291 g/mol. The van der Waals surface area contributed by atoms with Gasteiger partial charge in [-0.15, -0.1) is 11.3 Å². The van der Waals surface area contributed by atoms with E-state index in [-0.39, 0.29) is 5.91 Å². The van der Waals surface area contributed by atoms with E-state index in [1.165, 1.54) is 37.3 Å². The molecule has 5 heteroatoms. The quantitative estimate of drug-likeness (QED) is 0.634. The zero-order chi connectivity index (χ0) is 14.2. The van der Waals surface area contributed by atoms with Crippen LogP contribution in [-0.2, 0) is 0 Å². The number of carbonyl (C=O) groups is 1. The van der Waals surface area contributed by atoms with Gasteiger partial charge in [0, 0.05) is 11.9 Å². The molecule has 0 atom stereocenters. The predicted molar refractivity (Wildman–Crippen MR) is 82.9 cm³/mol. The third-order valence-electron chi connectivity index (χ3n) is 3.31. The minimum absolute atomic E-state index is 0.0107. The van der Waals surface area contributed by atoms with Gasteiger partial charge in [0.1, 0.15) is 0 Å². The van der Waals surface area contributed by atoms with Gasteiger partial charge in [0.25, 0.3) is 5.91 Å². The molecule has 1 aromatic heterocycles. The van der Waals surface area contributed by atoms with Crippen LogP contribution in [0.4, 0.5) is 0 Å². The van der Waals surface area contributed by atoms with Crippen molar-refractivity contribution in [2.24, 2.45) is 5.73 Å². The van der Waals surface area contributed by atoms with E-state index < -0.39 is 0 Å². The van der Waals surface area contributed by atoms with Crippen molar-refractivity contribution in [2.75, 3.05) is 32.7 Å². The molecule has 0 radical (unpaired) electrons. The Morgan fingerprint density at radius 2 is 2.25 bits per heavy atom. The van der Waals surface area contributed by atoms with Crippen LogP contribution in [0.25, 0.3) is 0 Å². The SMILES string of the molecule is NCC#Cc1cc(C(=O)NCCCN2CCCC2)cs1. The van der Waals surface area contributed by atoms with Gasteiger partial charge in [-0.1, -0.05) is 11.8 Å². The molecule has 1 amide bonds. The molecule has 2 heterocycles. The third-order valence-corrected chi connectivity index (χ3v) is 4.16. The van der Waals surface area contributed by atoms with Gasteiger partial charge in [-0.05, 0) is 45.0 Å². The lowest BCUT2D eigenvalue weighted by Crippen LogP contribution is -2.28. The van der Waals surface area contributed by atoms with E-state index in [4.69, 9.17) is 5.73 Å². The first-order valence-corrected chi connectivity index (χ1v) is 7.95. The van der Waals surface area contributed by atoms with E-state index in [0.29, 0.717) is 12.1 Å². The van der Waals surface area contributed by atoms with Crippen molar-refractivity contribution in [2.45, 2.75) is 19.3 Å². The van der Waals surface area contributed by atoms with Crippen molar-refractivity contribution >= 4 is 17.2 Å². The van der Waals surface area contributed by atoms with Gasteiger partial charge in [-0.25, -0.2) is 0 Å². The predicted octanol–water partition coefficient (Wildman–Crippen LogP) is 1.27. The lowest BCUT2D eigenvalue weighted by molar-refractivity contribution is 0.0952. The summed E-state index contributed by atoms with van der Waals surface area (Å²) in [7, 11) is 0. The molecular weight excluding hydrogens is 270 g/mol. The topological polar surface area (TPSA) is 58.4 Å². The molecule has 1 fully saturated rings. The maximum Gasteiger partial charge on any atom is 0.252 e. The third kappa shape index (κ3) is 4.64. The maximum absolute atomic E-state index is 11.9. The summed E-state index contributed by atoms with van der Waals surface area (Å²) in [5, 5.41) is 4.80. The molecule has 0 aliphatic carbocycles. The van der Waals surface area contributed by atoms with Crippen molar-refractivity contribution in [3.63, 3.8) is 0 Å². The Kier molecular flexibility index (Phi) is 6.06. The fraction of sp³-hybridized carbons (Fsp3) is 0.533. The Bertz CT molecular complexity index is 495. The van der Waals surface area contributed by atoms with Gasteiger partial charge in [-0.3, -0.25) is 4.79 Å². The fourth-order valence-corrected chi connectivity index (χ4v) is 3.03. The van der Waals surface area contributed by atoms with Gasteiger partial charge >= 0.3 is 0 Å². The lowest BCUT2D eigenvalue weighted by Gasteiger charge is -2.14. The standard InChI is InChI=1S/C15H21N3OS/c16-6-3-5-14-11-13(12-20-14)15(19)17-7-4-10-18-8-1-2-9-18/h11-12H,1-2,4,6-10,16H2,(H,17,19). The van der Waals surface area contributed by atoms with E-state index in [0.717, 1.165) is 24.4 Å². The summed E-state index contributed by atoms with van der Waals surface area (Å²) < 4.78 is 0. The highest BCUT2D eigenvalue weighted by Crippen LogP contribution is 2.13. The molecule has 1 aliphatic rings. The smallest absolute Gasteiger partial charge is 0.252 e. The molecule has 0 bridgehead atoms. The molecule has 108 valence electrons. The lowest BCUT2D eigenvalue weighted by atomic mass is 10.3. The Labute approximate surface area is 124 Å². The van der Waals surface area contributed by atoms with Crippen LogP contribution < -0.4 is 11.1 Å². The van der Waals surface area contributed by atoms with Crippen LogP contribution in [0.5, 0.6) is 0 Å². The number of amides is 1. The molecule has 0 aromatic carbocycles. The summed E-state index contributed by atoms with van der Waals surface area (Å²) in [4.78, 5) is 15.3. The average Bonchev–Trinajstić information content (AvgIpc) is 3.12. The molecule has 1 saturated heterocycles. The number of nitrogens with one attached hydrogen (secondary N) is 1. The molecular formula is C15H21N3OS. The van der Waals surface area contributed by atoms with Crippen LogP contribution in [0, 0.1) is 11.8 Å². The highest BCUT2D eigenvalue weighted by Gasteiger charge is 2.11. The number of nitrogens with two attached hydrogens (primary N) is 1. The summed E-state index contributed by atoms with van der Waals surface area (Å²) in [5.74, 6) is 5.72. The zero-order valence-electron chi connectivity index (χ0n) is 11.7. The molecule has 0 unspecified atom stereocenters. The van der Waals surface area contributed by atoms with Gasteiger partial charge in [0.2, 0.25) is 0 Å². The highest BCUT2D eigenvalue weighted by molar-refractivity contribution is 7.10. The van der Waals surface area contributed by atoms with Crippen LogP contribution in [0.3, 0.4) is 0 Å². The molecule has 1 aliphatic heterocycles. The largest absolute Gasteiger partial charge is 0.352 e. The van der Waals surface area contributed by atoms with Gasteiger partial charge in [-0.2, -0.15) is 0 Å². The van der Waals surface area contributed by atoms with Crippen molar-refractivity contribution in [1.82, 2.24) is 10.2 Å².